The Morgan fingerprint density at radius 3 is 2.61 bits per heavy atom. The third-order valence-corrected chi connectivity index (χ3v) is 3.54. The fraction of sp³-hybridized carbons (Fsp3) is 0.214. The first-order valence-corrected chi connectivity index (χ1v) is 6.46. The van der Waals surface area contributed by atoms with Crippen molar-refractivity contribution in [2.24, 2.45) is 0 Å². The molecule has 1 N–H and O–H groups in total. The van der Waals surface area contributed by atoms with E-state index in [1.807, 2.05) is 32.2 Å². The topological polar surface area (TPSA) is 24.9 Å². The van der Waals surface area contributed by atoms with E-state index in [0.717, 1.165) is 15.7 Å². The molecule has 0 aliphatic rings. The van der Waals surface area contributed by atoms with Crippen molar-refractivity contribution in [2.75, 3.05) is 7.05 Å². The first kappa shape index (κ1) is 13.2. The fourth-order valence-electron chi connectivity index (χ4n) is 1.91. The quantitative estimate of drug-likeness (QED) is 0.937. The number of benzene rings is 1. The van der Waals surface area contributed by atoms with Gasteiger partial charge in [-0.05, 0) is 37.7 Å². The molecule has 0 radical (unpaired) electrons. The van der Waals surface area contributed by atoms with Crippen molar-refractivity contribution in [3.05, 3.63) is 63.6 Å². The molecule has 0 fully saturated rings. The van der Waals surface area contributed by atoms with Crippen LogP contribution in [0.1, 0.15) is 22.9 Å². The maximum absolute atomic E-state index is 14.0. The van der Waals surface area contributed by atoms with Crippen LogP contribution in [0.25, 0.3) is 0 Å². The van der Waals surface area contributed by atoms with E-state index >= 15 is 0 Å². The first-order valence-electron chi connectivity index (χ1n) is 5.67. The molecule has 94 valence electrons. The van der Waals surface area contributed by atoms with Crippen molar-refractivity contribution in [3.63, 3.8) is 0 Å². The summed E-state index contributed by atoms with van der Waals surface area (Å²) in [5, 5.41) is 3.13. The summed E-state index contributed by atoms with van der Waals surface area (Å²) in [4.78, 5) is 4.26. The van der Waals surface area contributed by atoms with Gasteiger partial charge in [0, 0.05) is 21.9 Å². The Morgan fingerprint density at radius 2 is 2.06 bits per heavy atom. The molecule has 4 heteroatoms. The summed E-state index contributed by atoms with van der Waals surface area (Å²) < 4.78 is 14.7. The van der Waals surface area contributed by atoms with Crippen LogP contribution in [-0.4, -0.2) is 12.0 Å². The number of pyridine rings is 1. The summed E-state index contributed by atoms with van der Waals surface area (Å²) in [6.07, 6.45) is 1.77. The van der Waals surface area contributed by atoms with Gasteiger partial charge >= 0.3 is 0 Å². The lowest BCUT2D eigenvalue weighted by Gasteiger charge is -2.19. The van der Waals surface area contributed by atoms with Gasteiger partial charge in [0.25, 0.3) is 0 Å². The van der Waals surface area contributed by atoms with Gasteiger partial charge in [-0.3, -0.25) is 4.98 Å². The summed E-state index contributed by atoms with van der Waals surface area (Å²) in [7, 11) is 1.81. The van der Waals surface area contributed by atoms with Crippen LogP contribution in [0.2, 0.25) is 0 Å². The second-order valence-electron chi connectivity index (χ2n) is 4.09. The second kappa shape index (κ2) is 5.59. The molecule has 0 amide bonds. The molecule has 0 saturated carbocycles. The molecule has 0 saturated heterocycles. The molecule has 1 unspecified atom stereocenters. The molecule has 0 aliphatic carbocycles. The van der Waals surface area contributed by atoms with Crippen LogP contribution in [0.3, 0.4) is 0 Å². The highest BCUT2D eigenvalue weighted by molar-refractivity contribution is 9.10. The predicted molar refractivity (Wildman–Crippen MR) is 74.0 cm³/mol. The van der Waals surface area contributed by atoms with E-state index in [-0.39, 0.29) is 11.9 Å². The maximum atomic E-state index is 14.0. The zero-order chi connectivity index (χ0) is 13.1. The summed E-state index contributed by atoms with van der Waals surface area (Å²) in [5.41, 5.74) is 2.49. The molecule has 2 rings (SSSR count). The molecular weight excluding hydrogens is 295 g/mol. The zero-order valence-electron chi connectivity index (χ0n) is 10.2. The van der Waals surface area contributed by atoms with Gasteiger partial charge < -0.3 is 5.32 Å². The minimum Gasteiger partial charge on any atom is -0.309 e. The minimum absolute atomic E-state index is 0.214. The number of rotatable bonds is 3. The average Bonchev–Trinajstić information content (AvgIpc) is 2.35. The number of aryl methyl sites for hydroxylation is 1. The number of hydrogen-bond acceptors (Lipinski definition) is 2. The highest BCUT2D eigenvalue weighted by Gasteiger charge is 2.19. The van der Waals surface area contributed by atoms with Gasteiger partial charge in [-0.1, -0.05) is 28.1 Å². The molecule has 0 aliphatic heterocycles. The SMILES string of the molecule is CNC(c1ccc(C)nc1)c1c(F)cccc1Br. The molecule has 0 spiro atoms. The average molecular weight is 309 g/mol. The molecule has 2 aromatic rings. The van der Waals surface area contributed by atoms with E-state index in [9.17, 15) is 4.39 Å². The Balaban J connectivity index is 2.48. The van der Waals surface area contributed by atoms with Crippen LogP contribution in [0.15, 0.2) is 41.0 Å². The van der Waals surface area contributed by atoms with Gasteiger partial charge in [-0.15, -0.1) is 0 Å². The second-order valence-corrected chi connectivity index (χ2v) is 4.94. The van der Waals surface area contributed by atoms with E-state index in [1.54, 1.807) is 12.3 Å². The lowest BCUT2D eigenvalue weighted by Crippen LogP contribution is -2.19. The number of nitrogens with zero attached hydrogens (tertiary/aromatic N) is 1. The van der Waals surface area contributed by atoms with Gasteiger partial charge in [-0.25, -0.2) is 4.39 Å². The Kier molecular flexibility index (Phi) is 4.09. The number of nitrogens with one attached hydrogen (secondary N) is 1. The van der Waals surface area contributed by atoms with Crippen molar-refractivity contribution >= 4 is 15.9 Å². The monoisotopic (exact) mass is 308 g/mol. The molecule has 1 heterocycles. The lowest BCUT2D eigenvalue weighted by molar-refractivity contribution is 0.573. The van der Waals surface area contributed by atoms with Crippen molar-refractivity contribution in [1.29, 1.82) is 0 Å². The Hall–Kier alpha value is -1.26. The van der Waals surface area contributed by atoms with Crippen LogP contribution in [0.5, 0.6) is 0 Å². The van der Waals surface area contributed by atoms with E-state index in [1.165, 1.54) is 6.07 Å². The Labute approximate surface area is 114 Å². The largest absolute Gasteiger partial charge is 0.309 e. The van der Waals surface area contributed by atoms with Crippen LogP contribution < -0.4 is 5.32 Å². The third-order valence-electron chi connectivity index (χ3n) is 2.84. The van der Waals surface area contributed by atoms with Crippen molar-refractivity contribution < 1.29 is 4.39 Å². The van der Waals surface area contributed by atoms with Crippen LogP contribution in [-0.2, 0) is 0 Å². The molecule has 0 bridgehead atoms. The Bertz CT molecular complexity index is 520. The van der Waals surface area contributed by atoms with Gasteiger partial charge in [0.1, 0.15) is 5.82 Å². The molecule has 1 aromatic carbocycles. The molecule has 1 atom stereocenters. The van der Waals surface area contributed by atoms with Crippen molar-refractivity contribution in [2.45, 2.75) is 13.0 Å². The maximum Gasteiger partial charge on any atom is 0.129 e. The van der Waals surface area contributed by atoms with Crippen molar-refractivity contribution in [3.8, 4) is 0 Å². The predicted octanol–water partition coefficient (Wildman–Crippen LogP) is 3.60. The summed E-state index contributed by atoms with van der Waals surface area (Å²) in [6.45, 7) is 1.93. The number of halogens is 2. The van der Waals surface area contributed by atoms with Gasteiger partial charge in [0.15, 0.2) is 0 Å². The summed E-state index contributed by atoms with van der Waals surface area (Å²) in [6, 6.07) is 8.66. The standard InChI is InChI=1S/C14H14BrFN2/c1-9-6-7-10(8-18-9)14(17-2)13-11(15)4-3-5-12(13)16/h3-8,14,17H,1-2H3. The molecule has 2 nitrogen and oxygen atoms in total. The van der Waals surface area contributed by atoms with Gasteiger partial charge in [0.05, 0.1) is 6.04 Å². The zero-order valence-corrected chi connectivity index (χ0v) is 11.8. The van der Waals surface area contributed by atoms with E-state index in [2.05, 4.69) is 26.2 Å². The van der Waals surface area contributed by atoms with Crippen molar-refractivity contribution in [1.82, 2.24) is 10.3 Å². The highest BCUT2D eigenvalue weighted by Crippen LogP contribution is 2.30. The highest BCUT2D eigenvalue weighted by atomic mass is 79.9. The third kappa shape index (κ3) is 2.60. The van der Waals surface area contributed by atoms with Crippen LogP contribution in [0, 0.1) is 12.7 Å². The summed E-state index contributed by atoms with van der Waals surface area (Å²) >= 11 is 3.40. The Morgan fingerprint density at radius 1 is 1.28 bits per heavy atom. The fourth-order valence-corrected chi connectivity index (χ4v) is 2.49. The lowest BCUT2D eigenvalue weighted by atomic mass is 9.99. The van der Waals surface area contributed by atoms with E-state index in [4.69, 9.17) is 0 Å². The number of hydrogen-bond donors (Lipinski definition) is 1. The van der Waals surface area contributed by atoms with Crippen LogP contribution >= 0.6 is 15.9 Å². The van der Waals surface area contributed by atoms with E-state index in [0.29, 0.717) is 5.56 Å². The summed E-state index contributed by atoms with van der Waals surface area (Å²) in [5.74, 6) is -0.232. The molecule has 18 heavy (non-hydrogen) atoms. The van der Waals surface area contributed by atoms with Gasteiger partial charge in [0.2, 0.25) is 0 Å². The minimum atomic E-state index is -0.232. The normalized spacial score (nSPS) is 12.4. The number of aromatic nitrogens is 1. The molecule has 1 aromatic heterocycles. The smallest absolute Gasteiger partial charge is 0.129 e. The van der Waals surface area contributed by atoms with Gasteiger partial charge in [-0.2, -0.15) is 0 Å². The molecular formula is C14H14BrFN2. The first-order chi connectivity index (χ1) is 8.63. The van der Waals surface area contributed by atoms with Crippen LogP contribution in [0.4, 0.5) is 4.39 Å². The van der Waals surface area contributed by atoms with E-state index < -0.39 is 0 Å².